The van der Waals surface area contributed by atoms with E-state index in [0.717, 1.165) is 16.8 Å². The molecule has 0 saturated heterocycles. The molecule has 9 heteroatoms. The van der Waals surface area contributed by atoms with Crippen molar-refractivity contribution in [1.82, 2.24) is 30.4 Å². The molecule has 27 heavy (non-hydrogen) atoms. The zero-order valence-electron chi connectivity index (χ0n) is 14.7. The summed E-state index contributed by atoms with van der Waals surface area (Å²) in [6.45, 7) is 4.31. The molecule has 0 saturated carbocycles. The number of fused-ring (bicyclic) bond motifs is 2. The van der Waals surface area contributed by atoms with Crippen LogP contribution in [0.15, 0.2) is 30.6 Å². The fourth-order valence-corrected chi connectivity index (χ4v) is 3.26. The molecule has 0 aliphatic carbocycles. The standard InChI is InChI=1S/C18H16FN7O/c1-18(2)14-11(8-27-18)16(23-15(22-14)9-6-20-21-7-9)24-17-10-4-3-5-12(19)13(10)25-26-17/h3-7H,8H2,1-2H3,(H,20,21)(H2,22,23,24,25,26). The van der Waals surface area contributed by atoms with Gasteiger partial charge in [0, 0.05) is 17.1 Å². The SMILES string of the molecule is CC1(C)OCc2c(Nc3n[nH]c4c(F)cccc34)nc(-c3cn[nH]c3)nc21. The number of nitrogens with zero attached hydrogens (tertiary/aromatic N) is 4. The Balaban J connectivity index is 1.66. The second kappa shape index (κ2) is 5.58. The van der Waals surface area contributed by atoms with E-state index in [1.165, 1.54) is 6.07 Å². The molecule has 0 bridgehead atoms. The minimum absolute atomic E-state index is 0.345. The Morgan fingerprint density at radius 1 is 1.22 bits per heavy atom. The lowest BCUT2D eigenvalue weighted by molar-refractivity contribution is -0.00995. The Morgan fingerprint density at radius 2 is 2.11 bits per heavy atom. The largest absolute Gasteiger partial charge is 0.364 e. The van der Waals surface area contributed by atoms with Gasteiger partial charge < -0.3 is 10.1 Å². The van der Waals surface area contributed by atoms with Crippen LogP contribution in [0.4, 0.5) is 16.0 Å². The van der Waals surface area contributed by atoms with E-state index < -0.39 is 5.60 Å². The Kier molecular flexibility index (Phi) is 3.28. The van der Waals surface area contributed by atoms with Gasteiger partial charge in [-0.15, -0.1) is 0 Å². The van der Waals surface area contributed by atoms with Gasteiger partial charge in [-0.3, -0.25) is 10.2 Å². The molecule has 1 aliphatic heterocycles. The van der Waals surface area contributed by atoms with Gasteiger partial charge in [-0.25, -0.2) is 14.4 Å². The number of anilines is 2. The molecule has 0 unspecified atom stereocenters. The van der Waals surface area contributed by atoms with E-state index >= 15 is 0 Å². The first-order valence-electron chi connectivity index (χ1n) is 8.47. The van der Waals surface area contributed by atoms with Crippen LogP contribution in [-0.4, -0.2) is 30.4 Å². The number of para-hydroxylation sites is 1. The number of ether oxygens (including phenoxy) is 1. The lowest BCUT2D eigenvalue weighted by Gasteiger charge is -2.18. The Hall–Kier alpha value is -3.33. The van der Waals surface area contributed by atoms with Crippen molar-refractivity contribution < 1.29 is 9.13 Å². The maximum atomic E-state index is 14.0. The van der Waals surface area contributed by atoms with Crippen LogP contribution in [-0.2, 0) is 16.9 Å². The number of aromatic nitrogens is 6. The third-order valence-corrected chi connectivity index (χ3v) is 4.70. The number of aromatic amines is 2. The van der Waals surface area contributed by atoms with Gasteiger partial charge in [0.05, 0.1) is 24.1 Å². The lowest BCUT2D eigenvalue weighted by Crippen LogP contribution is -2.17. The fourth-order valence-electron chi connectivity index (χ4n) is 3.26. The fraction of sp³-hybridized carbons (Fsp3) is 0.222. The zero-order valence-corrected chi connectivity index (χ0v) is 14.7. The Morgan fingerprint density at radius 3 is 2.93 bits per heavy atom. The van der Waals surface area contributed by atoms with Gasteiger partial charge in [0.25, 0.3) is 0 Å². The maximum absolute atomic E-state index is 14.0. The van der Waals surface area contributed by atoms with Crippen LogP contribution in [0.5, 0.6) is 0 Å². The summed E-state index contributed by atoms with van der Waals surface area (Å²) in [6.07, 6.45) is 3.39. The summed E-state index contributed by atoms with van der Waals surface area (Å²) in [6, 6.07) is 4.83. The minimum atomic E-state index is -0.535. The molecule has 1 aliphatic rings. The van der Waals surface area contributed by atoms with Crippen molar-refractivity contribution in [2.24, 2.45) is 0 Å². The highest BCUT2D eigenvalue weighted by atomic mass is 19.1. The van der Waals surface area contributed by atoms with Gasteiger partial charge in [0.2, 0.25) is 0 Å². The highest BCUT2D eigenvalue weighted by molar-refractivity contribution is 5.91. The molecule has 4 heterocycles. The quantitative estimate of drug-likeness (QED) is 0.514. The first-order chi connectivity index (χ1) is 13.0. The molecule has 0 atom stereocenters. The summed E-state index contributed by atoms with van der Waals surface area (Å²) in [5, 5.41) is 17.5. The van der Waals surface area contributed by atoms with Gasteiger partial charge in [-0.2, -0.15) is 10.2 Å². The Bertz CT molecular complexity index is 1150. The van der Waals surface area contributed by atoms with E-state index in [1.807, 2.05) is 13.8 Å². The average molecular weight is 365 g/mol. The van der Waals surface area contributed by atoms with Crippen molar-refractivity contribution in [3.05, 3.63) is 47.7 Å². The summed E-state index contributed by atoms with van der Waals surface area (Å²) in [4.78, 5) is 9.34. The number of hydrogen-bond acceptors (Lipinski definition) is 6. The highest BCUT2D eigenvalue weighted by Crippen LogP contribution is 2.39. The average Bonchev–Trinajstić information content (AvgIpc) is 3.36. The van der Waals surface area contributed by atoms with Crippen LogP contribution in [0.2, 0.25) is 0 Å². The lowest BCUT2D eigenvalue weighted by atomic mass is 10.0. The molecule has 0 amide bonds. The van der Waals surface area contributed by atoms with E-state index in [2.05, 4.69) is 30.7 Å². The van der Waals surface area contributed by atoms with E-state index in [-0.39, 0.29) is 5.82 Å². The van der Waals surface area contributed by atoms with Crippen molar-refractivity contribution in [3.8, 4) is 11.4 Å². The van der Waals surface area contributed by atoms with Crippen molar-refractivity contribution in [2.75, 3.05) is 5.32 Å². The summed E-state index contributed by atoms with van der Waals surface area (Å²) in [5.74, 6) is 1.24. The number of H-pyrrole nitrogens is 2. The topological polar surface area (TPSA) is 104 Å². The van der Waals surface area contributed by atoms with Crippen LogP contribution in [0.25, 0.3) is 22.3 Å². The third kappa shape index (κ3) is 2.47. The van der Waals surface area contributed by atoms with Crippen molar-refractivity contribution >= 4 is 22.5 Å². The molecule has 3 aromatic heterocycles. The molecule has 1 aromatic carbocycles. The number of benzene rings is 1. The second-order valence-electron chi connectivity index (χ2n) is 6.87. The smallest absolute Gasteiger partial charge is 0.165 e. The number of hydrogen-bond donors (Lipinski definition) is 3. The molecule has 3 N–H and O–H groups in total. The second-order valence-corrected chi connectivity index (χ2v) is 6.87. The summed E-state index contributed by atoms with van der Waals surface area (Å²) in [5.41, 5.74) is 2.24. The van der Waals surface area contributed by atoms with E-state index in [0.29, 0.717) is 35.0 Å². The van der Waals surface area contributed by atoms with E-state index in [1.54, 1.807) is 24.5 Å². The van der Waals surface area contributed by atoms with Gasteiger partial charge >= 0.3 is 0 Å². The van der Waals surface area contributed by atoms with Gasteiger partial charge in [0.1, 0.15) is 22.8 Å². The molecular weight excluding hydrogens is 349 g/mol. The van der Waals surface area contributed by atoms with Gasteiger partial charge in [-0.05, 0) is 26.0 Å². The first kappa shape index (κ1) is 15.9. The van der Waals surface area contributed by atoms with E-state index in [4.69, 9.17) is 9.72 Å². The molecule has 0 fully saturated rings. The van der Waals surface area contributed by atoms with Crippen LogP contribution in [0.3, 0.4) is 0 Å². The summed E-state index contributed by atoms with van der Waals surface area (Å²) in [7, 11) is 0. The minimum Gasteiger partial charge on any atom is -0.364 e. The zero-order chi connectivity index (χ0) is 18.6. The molecule has 0 radical (unpaired) electrons. The number of halogens is 1. The van der Waals surface area contributed by atoms with Crippen LogP contribution < -0.4 is 5.32 Å². The molecule has 136 valence electrons. The Labute approximate surface area is 153 Å². The van der Waals surface area contributed by atoms with Gasteiger partial charge in [0.15, 0.2) is 11.6 Å². The molecule has 0 spiro atoms. The van der Waals surface area contributed by atoms with Crippen LogP contribution >= 0.6 is 0 Å². The maximum Gasteiger partial charge on any atom is 0.165 e. The summed E-state index contributed by atoms with van der Waals surface area (Å²) >= 11 is 0. The first-order valence-corrected chi connectivity index (χ1v) is 8.47. The van der Waals surface area contributed by atoms with Crippen LogP contribution in [0, 0.1) is 5.82 Å². The van der Waals surface area contributed by atoms with Crippen LogP contribution in [0.1, 0.15) is 25.1 Å². The monoisotopic (exact) mass is 365 g/mol. The molecule has 8 nitrogen and oxygen atoms in total. The predicted molar refractivity (Wildman–Crippen MR) is 96.8 cm³/mol. The van der Waals surface area contributed by atoms with E-state index in [9.17, 15) is 4.39 Å². The predicted octanol–water partition coefficient (Wildman–Crippen LogP) is 3.39. The molecular formula is C18H16FN7O. The normalized spacial score (nSPS) is 15.2. The van der Waals surface area contributed by atoms with Crippen molar-refractivity contribution in [3.63, 3.8) is 0 Å². The van der Waals surface area contributed by atoms with Gasteiger partial charge in [-0.1, -0.05) is 6.07 Å². The number of nitrogens with one attached hydrogen (secondary N) is 3. The third-order valence-electron chi connectivity index (χ3n) is 4.70. The molecule has 5 rings (SSSR count). The summed E-state index contributed by atoms with van der Waals surface area (Å²) < 4.78 is 19.8. The highest BCUT2D eigenvalue weighted by Gasteiger charge is 2.36. The van der Waals surface area contributed by atoms with Crippen molar-refractivity contribution in [1.29, 1.82) is 0 Å². The molecule has 4 aromatic rings. The van der Waals surface area contributed by atoms with Crippen molar-refractivity contribution in [2.45, 2.75) is 26.1 Å². The number of rotatable bonds is 3.